The van der Waals surface area contributed by atoms with E-state index >= 15 is 0 Å². The maximum Gasteiger partial charge on any atom is 0.501 e. The van der Waals surface area contributed by atoms with Crippen molar-refractivity contribution >= 4 is 31.3 Å². The quantitative estimate of drug-likeness (QED) is 0.771. The number of anilines is 1. The van der Waals surface area contributed by atoms with E-state index in [0.717, 1.165) is 19.4 Å². The number of benzene rings is 2. The van der Waals surface area contributed by atoms with Crippen LogP contribution in [0.15, 0.2) is 52.3 Å². The van der Waals surface area contributed by atoms with Crippen LogP contribution in [0.5, 0.6) is 5.75 Å². The zero-order chi connectivity index (χ0) is 21.3. The number of ether oxygens (including phenoxy) is 1. The van der Waals surface area contributed by atoms with Crippen LogP contribution < -0.4 is 10.1 Å². The Morgan fingerprint density at radius 2 is 1.64 bits per heavy atom. The summed E-state index contributed by atoms with van der Waals surface area (Å²) in [5.41, 5.74) is -6.18. The van der Waals surface area contributed by atoms with Crippen molar-refractivity contribution in [1.82, 2.24) is 0 Å². The van der Waals surface area contributed by atoms with Crippen LogP contribution in [0, 0.1) is 0 Å². The van der Waals surface area contributed by atoms with E-state index in [1.165, 1.54) is 24.3 Å². The first-order valence-corrected chi connectivity index (χ1v) is 10.8. The average molecular weight is 437 g/mol. The van der Waals surface area contributed by atoms with Crippen LogP contribution in [0.3, 0.4) is 0 Å². The van der Waals surface area contributed by atoms with Gasteiger partial charge in [-0.1, -0.05) is 12.1 Å². The third kappa shape index (κ3) is 4.28. The Balaban J connectivity index is 2.53. The Morgan fingerprint density at radius 3 is 2.18 bits per heavy atom. The van der Waals surface area contributed by atoms with E-state index in [-0.39, 0.29) is 21.9 Å². The van der Waals surface area contributed by atoms with Crippen molar-refractivity contribution < 1.29 is 39.5 Å². The largest absolute Gasteiger partial charge is 0.501 e. The van der Waals surface area contributed by atoms with E-state index in [9.17, 15) is 34.8 Å². The number of rotatable bonds is 5. The van der Waals surface area contributed by atoms with Crippen LogP contribution >= 0.6 is 0 Å². The molecule has 2 rings (SSSR count). The predicted octanol–water partition coefficient (Wildman–Crippen LogP) is 2.64. The van der Waals surface area contributed by atoms with Crippen LogP contribution in [0.25, 0.3) is 0 Å². The molecule has 0 aliphatic carbocycles. The van der Waals surface area contributed by atoms with Gasteiger partial charge in [-0.05, 0) is 30.3 Å². The molecule has 152 valence electrons. The molecule has 0 aromatic heterocycles. The second-order valence-electron chi connectivity index (χ2n) is 5.53. The van der Waals surface area contributed by atoms with Gasteiger partial charge in [-0.2, -0.15) is 13.2 Å². The molecule has 0 bridgehead atoms. The highest BCUT2D eigenvalue weighted by Gasteiger charge is 2.47. The minimum atomic E-state index is -5.66. The summed E-state index contributed by atoms with van der Waals surface area (Å²) >= 11 is 0. The van der Waals surface area contributed by atoms with Crippen molar-refractivity contribution in [3.05, 3.63) is 48.0 Å². The zero-order valence-electron chi connectivity index (χ0n) is 14.4. The Kier molecular flexibility index (Phi) is 5.76. The van der Waals surface area contributed by atoms with Crippen molar-refractivity contribution in [3.8, 4) is 5.75 Å². The van der Waals surface area contributed by atoms with Gasteiger partial charge in [-0.15, -0.1) is 0 Å². The fraction of sp³-hybridized carbons (Fsp3) is 0.188. The van der Waals surface area contributed by atoms with Crippen molar-refractivity contribution in [1.29, 1.82) is 0 Å². The number of alkyl halides is 3. The standard InChI is InChI=1S/C16H14F3NO6S2/c1-26-13-8-7-10(28(24,25)16(17,18)19)9-12(13)20-15(21)11-5-3-4-6-14(11)27(2,22)23/h3-9H,1-2H3,(H,20,21). The summed E-state index contributed by atoms with van der Waals surface area (Å²) in [5, 5.41) is 2.19. The number of halogens is 3. The molecular formula is C16H14F3NO6S2. The molecule has 2 aromatic rings. The van der Waals surface area contributed by atoms with Gasteiger partial charge in [-0.25, -0.2) is 16.8 Å². The summed E-state index contributed by atoms with van der Waals surface area (Å²) in [7, 11) is -8.27. The van der Waals surface area contributed by atoms with Crippen molar-refractivity contribution in [2.45, 2.75) is 15.3 Å². The lowest BCUT2D eigenvalue weighted by atomic mass is 10.2. The summed E-state index contributed by atoms with van der Waals surface area (Å²) in [6.45, 7) is 0. The first-order valence-electron chi connectivity index (χ1n) is 7.39. The number of amides is 1. The molecule has 0 fully saturated rings. The monoisotopic (exact) mass is 437 g/mol. The summed E-state index contributed by atoms with van der Waals surface area (Å²) in [6.07, 6.45) is 0.885. The van der Waals surface area contributed by atoms with E-state index in [2.05, 4.69) is 5.32 Å². The molecule has 0 unspecified atom stereocenters. The Hall–Kier alpha value is -2.60. The molecule has 28 heavy (non-hydrogen) atoms. The molecule has 1 amide bonds. The number of hydrogen-bond acceptors (Lipinski definition) is 6. The molecule has 0 aliphatic rings. The van der Waals surface area contributed by atoms with Crippen LogP contribution in [-0.4, -0.2) is 41.6 Å². The van der Waals surface area contributed by atoms with Crippen LogP contribution in [0.2, 0.25) is 0 Å². The predicted molar refractivity (Wildman–Crippen MR) is 93.7 cm³/mol. The van der Waals surface area contributed by atoms with Crippen LogP contribution in [-0.2, 0) is 19.7 Å². The van der Waals surface area contributed by atoms with E-state index in [0.29, 0.717) is 12.1 Å². The van der Waals surface area contributed by atoms with Crippen molar-refractivity contribution in [2.24, 2.45) is 0 Å². The number of nitrogens with one attached hydrogen (secondary N) is 1. The molecule has 0 heterocycles. The summed E-state index contributed by atoms with van der Waals surface area (Å²) in [5.74, 6) is -1.09. The summed E-state index contributed by atoms with van der Waals surface area (Å²) in [4.78, 5) is 11.1. The van der Waals surface area contributed by atoms with E-state index in [1.54, 1.807) is 0 Å². The molecule has 12 heteroatoms. The molecule has 7 nitrogen and oxygen atoms in total. The van der Waals surface area contributed by atoms with Crippen molar-refractivity contribution in [2.75, 3.05) is 18.7 Å². The first-order chi connectivity index (χ1) is 12.8. The van der Waals surface area contributed by atoms with Gasteiger partial charge in [0.25, 0.3) is 15.7 Å². The smallest absolute Gasteiger partial charge is 0.495 e. The topological polar surface area (TPSA) is 107 Å². The van der Waals surface area contributed by atoms with E-state index in [4.69, 9.17) is 4.74 Å². The third-order valence-corrected chi connectivity index (χ3v) is 6.20. The minimum Gasteiger partial charge on any atom is -0.495 e. The highest BCUT2D eigenvalue weighted by atomic mass is 32.2. The zero-order valence-corrected chi connectivity index (χ0v) is 16.1. The minimum absolute atomic E-state index is 0.119. The number of hydrogen-bond donors (Lipinski definition) is 1. The maximum absolute atomic E-state index is 12.8. The number of methoxy groups -OCH3 is 1. The lowest BCUT2D eigenvalue weighted by molar-refractivity contribution is -0.0436. The van der Waals surface area contributed by atoms with E-state index < -0.39 is 36.0 Å². The molecule has 0 spiro atoms. The van der Waals surface area contributed by atoms with Gasteiger partial charge in [-0.3, -0.25) is 4.79 Å². The molecule has 1 N–H and O–H groups in total. The van der Waals surface area contributed by atoms with Crippen LogP contribution in [0.1, 0.15) is 10.4 Å². The van der Waals surface area contributed by atoms with Gasteiger partial charge in [0.1, 0.15) is 5.75 Å². The van der Waals surface area contributed by atoms with Gasteiger partial charge in [0.2, 0.25) is 0 Å². The number of carbonyl (C=O) groups excluding carboxylic acids is 1. The number of carbonyl (C=O) groups is 1. The molecule has 0 saturated heterocycles. The lowest BCUT2D eigenvalue weighted by Gasteiger charge is -2.14. The third-order valence-electron chi connectivity index (χ3n) is 3.57. The molecular weight excluding hydrogens is 423 g/mol. The van der Waals surface area contributed by atoms with Gasteiger partial charge >= 0.3 is 5.51 Å². The van der Waals surface area contributed by atoms with E-state index in [1.807, 2.05) is 0 Å². The highest BCUT2D eigenvalue weighted by Crippen LogP contribution is 2.35. The first kappa shape index (κ1) is 21.7. The van der Waals surface area contributed by atoms with Gasteiger partial charge < -0.3 is 10.1 Å². The SMILES string of the molecule is COc1ccc(S(=O)(=O)C(F)(F)F)cc1NC(=O)c1ccccc1S(C)(=O)=O. The lowest BCUT2D eigenvalue weighted by Crippen LogP contribution is -2.23. The van der Waals surface area contributed by atoms with Crippen molar-refractivity contribution in [3.63, 3.8) is 0 Å². The molecule has 0 aliphatic heterocycles. The molecule has 0 atom stereocenters. The van der Waals surface area contributed by atoms with Crippen LogP contribution in [0.4, 0.5) is 18.9 Å². The fourth-order valence-electron chi connectivity index (χ4n) is 2.25. The Morgan fingerprint density at radius 1 is 1.04 bits per heavy atom. The average Bonchev–Trinajstić information content (AvgIpc) is 2.60. The van der Waals surface area contributed by atoms with Gasteiger partial charge in [0, 0.05) is 6.26 Å². The second-order valence-corrected chi connectivity index (χ2v) is 9.46. The molecule has 2 aromatic carbocycles. The summed E-state index contributed by atoms with van der Waals surface area (Å²) in [6, 6.07) is 7.39. The summed E-state index contributed by atoms with van der Waals surface area (Å²) < 4.78 is 90.1. The Bertz CT molecular complexity index is 1130. The molecule has 0 radical (unpaired) electrons. The Labute approximate surface area is 159 Å². The fourth-order valence-corrected chi connectivity index (χ4v) is 3.93. The molecule has 0 saturated carbocycles. The second kappa shape index (κ2) is 7.43. The van der Waals surface area contributed by atoms with Gasteiger partial charge in [0.05, 0.1) is 28.2 Å². The highest BCUT2D eigenvalue weighted by molar-refractivity contribution is 7.92. The maximum atomic E-state index is 12.8. The number of sulfone groups is 2. The normalized spacial score (nSPS) is 12.5. The van der Waals surface area contributed by atoms with Gasteiger partial charge in [0.15, 0.2) is 9.84 Å².